The van der Waals surface area contributed by atoms with Crippen LogP contribution in [0.5, 0.6) is 0 Å². The summed E-state index contributed by atoms with van der Waals surface area (Å²) in [6.07, 6.45) is 4.51. The van der Waals surface area contributed by atoms with Gasteiger partial charge in [-0.25, -0.2) is 17.5 Å². The average Bonchev–Trinajstić information content (AvgIpc) is 3.06. The SMILES string of the molecule is Cc1cc(F)cc(C)c1S(=O)(=O)NCCCC1CC1. The molecule has 1 N–H and O–H groups in total. The predicted molar refractivity (Wildman–Crippen MR) is 73.0 cm³/mol. The fourth-order valence-corrected chi connectivity index (χ4v) is 3.92. The molecule has 1 aromatic rings. The van der Waals surface area contributed by atoms with Gasteiger partial charge in [0.2, 0.25) is 10.0 Å². The van der Waals surface area contributed by atoms with Gasteiger partial charge in [0, 0.05) is 6.54 Å². The first-order valence-corrected chi connectivity index (χ1v) is 8.15. The summed E-state index contributed by atoms with van der Waals surface area (Å²) in [6, 6.07) is 2.51. The second-order valence-electron chi connectivity index (χ2n) is 5.35. The minimum atomic E-state index is -3.53. The monoisotopic (exact) mass is 285 g/mol. The molecular formula is C14H20FNO2S. The molecule has 106 valence electrons. The maximum Gasteiger partial charge on any atom is 0.241 e. The number of hydrogen-bond donors (Lipinski definition) is 1. The van der Waals surface area contributed by atoms with Gasteiger partial charge in [-0.15, -0.1) is 0 Å². The lowest BCUT2D eigenvalue weighted by atomic mass is 10.1. The fraction of sp³-hybridized carbons (Fsp3) is 0.571. The van der Waals surface area contributed by atoms with Crippen molar-refractivity contribution < 1.29 is 12.8 Å². The zero-order chi connectivity index (χ0) is 14.0. The molecule has 0 aromatic heterocycles. The molecule has 3 nitrogen and oxygen atoms in total. The van der Waals surface area contributed by atoms with E-state index in [1.54, 1.807) is 13.8 Å². The Balaban J connectivity index is 2.05. The molecule has 5 heteroatoms. The van der Waals surface area contributed by atoms with Gasteiger partial charge in [0.25, 0.3) is 0 Å². The van der Waals surface area contributed by atoms with Crippen LogP contribution in [0.1, 0.15) is 36.8 Å². The Morgan fingerprint density at radius 1 is 1.26 bits per heavy atom. The number of rotatable bonds is 6. The molecule has 1 aliphatic carbocycles. The maximum atomic E-state index is 13.2. The number of sulfonamides is 1. The smallest absolute Gasteiger partial charge is 0.211 e. The van der Waals surface area contributed by atoms with Crippen LogP contribution < -0.4 is 4.72 Å². The highest BCUT2D eigenvalue weighted by Gasteiger charge is 2.22. The predicted octanol–water partition coefficient (Wildman–Crippen LogP) is 2.91. The second kappa shape index (κ2) is 5.59. The summed E-state index contributed by atoms with van der Waals surface area (Å²) in [5.74, 6) is 0.404. The van der Waals surface area contributed by atoms with Crippen LogP contribution in [0.4, 0.5) is 4.39 Å². The van der Waals surface area contributed by atoms with Crippen molar-refractivity contribution in [1.29, 1.82) is 0 Å². The number of halogens is 1. The van der Waals surface area contributed by atoms with Crippen LogP contribution in [0, 0.1) is 25.6 Å². The van der Waals surface area contributed by atoms with E-state index in [4.69, 9.17) is 0 Å². The third kappa shape index (κ3) is 3.76. The van der Waals surface area contributed by atoms with Crippen LogP contribution in [0.2, 0.25) is 0 Å². The van der Waals surface area contributed by atoms with E-state index >= 15 is 0 Å². The molecule has 0 amide bonds. The van der Waals surface area contributed by atoms with Gasteiger partial charge >= 0.3 is 0 Å². The van der Waals surface area contributed by atoms with Crippen molar-refractivity contribution in [1.82, 2.24) is 4.72 Å². The maximum absolute atomic E-state index is 13.2. The molecular weight excluding hydrogens is 265 g/mol. The summed E-state index contributed by atoms with van der Waals surface area (Å²) < 4.78 is 40.2. The summed E-state index contributed by atoms with van der Waals surface area (Å²) in [5.41, 5.74) is 0.902. The molecule has 0 atom stereocenters. The quantitative estimate of drug-likeness (QED) is 0.817. The molecule has 0 saturated heterocycles. The molecule has 1 aromatic carbocycles. The molecule has 19 heavy (non-hydrogen) atoms. The Labute approximate surface area is 114 Å². The van der Waals surface area contributed by atoms with E-state index in [0.717, 1.165) is 18.8 Å². The van der Waals surface area contributed by atoms with Gasteiger partial charge in [-0.1, -0.05) is 12.8 Å². The van der Waals surface area contributed by atoms with Crippen molar-refractivity contribution in [3.63, 3.8) is 0 Å². The number of benzene rings is 1. The lowest BCUT2D eigenvalue weighted by Crippen LogP contribution is -2.26. The highest BCUT2D eigenvalue weighted by atomic mass is 32.2. The zero-order valence-electron chi connectivity index (χ0n) is 11.4. The second-order valence-corrected chi connectivity index (χ2v) is 7.06. The summed E-state index contributed by atoms with van der Waals surface area (Å²) in [5, 5.41) is 0. The standard InChI is InChI=1S/C14H20FNO2S/c1-10-8-13(15)9-11(2)14(10)19(17,18)16-7-3-4-12-5-6-12/h8-9,12,16H,3-7H2,1-2H3. The van der Waals surface area contributed by atoms with Gasteiger partial charge in [0.05, 0.1) is 4.90 Å². The van der Waals surface area contributed by atoms with Crippen LogP contribution in [0.3, 0.4) is 0 Å². The Hall–Kier alpha value is -0.940. The molecule has 0 radical (unpaired) electrons. The molecule has 1 aliphatic rings. The van der Waals surface area contributed by atoms with Crippen LogP contribution in [0.25, 0.3) is 0 Å². The number of nitrogens with one attached hydrogen (secondary N) is 1. The normalized spacial score (nSPS) is 15.7. The molecule has 1 saturated carbocycles. The first-order chi connectivity index (χ1) is 8.90. The molecule has 0 bridgehead atoms. The lowest BCUT2D eigenvalue weighted by Gasteiger charge is -2.12. The average molecular weight is 285 g/mol. The zero-order valence-corrected chi connectivity index (χ0v) is 12.2. The van der Waals surface area contributed by atoms with Gasteiger partial charge < -0.3 is 0 Å². The topological polar surface area (TPSA) is 46.2 Å². The lowest BCUT2D eigenvalue weighted by molar-refractivity contribution is 0.570. The Morgan fingerprint density at radius 3 is 2.37 bits per heavy atom. The molecule has 0 unspecified atom stereocenters. The minimum Gasteiger partial charge on any atom is -0.211 e. The highest BCUT2D eigenvalue weighted by molar-refractivity contribution is 7.89. The highest BCUT2D eigenvalue weighted by Crippen LogP contribution is 2.33. The Morgan fingerprint density at radius 2 is 1.84 bits per heavy atom. The van der Waals surface area contributed by atoms with E-state index in [1.807, 2.05) is 0 Å². The van der Waals surface area contributed by atoms with Crippen molar-refractivity contribution >= 4 is 10.0 Å². The van der Waals surface area contributed by atoms with Crippen LogP contribution in [0.15, 0.2) is 17.0 Å². The van der Waals surface area contributed by atoms with E-state index in [-0.39, 0.29) is 4.90 Å². The molecule has 0 spiro atoms. The van der Waals surface area contributed by atoms with Crippen molar-refractivity contribution in [2.24, 2.45) is 5.92 Å². The third-order valence-corrected chi connectivity index (χ3v) is 5.24. The largest absolute Gasteiger partial charge is 0.241 e. The van der Waals surface area contributed by atoms with Gasteiger partial charge in [0.15, 0.2) is 0 Å². The van der Waals surface area contributed by atoms with Crippen molar-refractivity contribution in [2.45, 2.75) is 44.4 Å². The van der Waals surface area contributed by atoms with E-state index < -0.39 is 15.8 Å². The van der Waals surface area contributed by atoms with Crippen molar-refractivity contribution in [3.05, 3.63) is 29.1 Å². The first kappa shape index (κ1) is 14.5. The van der Waals surface area contributed by atoms with Gasteiger partial charge in [-0.3, -0.25) is 0 Å². The van der Waals surface area contributed by atoms with Crippen LogP contribution in [-0.2, 0) is 10.0 Å². The molecule has 1 fully saturated rings. The van der Waals surface area contributed by atoms with Crippen LogP contribution in [-0.4, -0.2) is 15.0 Å². The Bertz CT molecular complexity index is 542. The van der Waals surface area contributed by atoms with Gasteiger partial charge in [0.1, 0.15) is 5.82 Å². The summed E-state index contributed by atoms with van der Waals surface area (Å²) >= 11 is 0. The first-order valence-electron chi connectivity index (χ1n) is 6.66. The van der Waals surface area contributed by atoms with Crippen molar-refractivity contribution in [3.8, 4) is 0 Å². The summed E-state index contributed by atoms with van der Waals surface area (Å²) in [6.45, 7) is 3.69. The van der Waals surface area contributed by atoms with E-state index in [9.17, 15) is 12.8 Å². The third-order valence-electron chi connectivity index (χ3n) is 3.47. The molecule has 2 rings (SSSR count). The van der Waals surface area contributed by atoms with Gasteiger partial charge in [-0.05, 0) is 55.9 Å². The minimum absolute atomic E-state index is 0.209. The molecule has 0 aliphatic heterocycles. The van der Waals surface area contributed by atoms with Crippen molar-refractivity contribution in [2.75, 3.05) is 6.54 Å². The summed E-state index contributed by atoms with van der Waals surface area (Å²) in [7, 11) is -3.53. The Kier molecular flexibility index (Phi) is 4.26. The van der Waals surface area contributed by atoms with Gasteiger partial charge in [-0.2, -0.15) is 0 Å². The van der Waals surface area contributed by atoms with E-state index in [2.05, 4.69) is 4.72 Å². The number of aryl methyl sites for hydroxylation is 2. The van der Waals surface area contributed by atoms with E-state index in [0.29, 0.717) is 17.7 Å². The summed E-state index contributed by atoms with van der Waals surface area (Å²) in [4.78, 5) is 0.209. The van der Waals surface area contributed by atoms with Crippen LogP contribution >= 0.6 is 0 Å². The fourth-order valence-electron chi connectivity index (χ4n) is 2.40. The number of hydrogen-bond acceptors (Lipinski definition) is 2. The molecule has 0 heterocycles. The van der Waals surface area contributed by atoms with E-state index in [1.165, 1.54) is 25.0 Å².